The van der Waals surface area contributed by atoms with E-state index < -0.39 is 6.10 Å². The van der Waals surface area contributed by atoms with Gasteiger partial charge in [-0.05, 0) is 6.92 Å². The number of hydrogen-bond acceptors (Lipinski definition) is 3. The first-order valence-corrected chi connectivity index (χ1v) is 3.35. The molecule has 9 heavy (non-hydrogen) atoms. The van der Waals surface area contributed by atoms with Crippen LogP contribution in [0.25, 0.3) is 0 Å². The predicted octanol–water partition coefficient (Wildman–Crippen LogP) is -0.587. The van der Waals surface area contributed by atoms with Gasteiger partial charge in [-0.25, -0.2) is 0 Å². The molecule has 0 bridgehead atoms. The van der Waals surface area contributed by atoms with Crippen molar-refractivity contribution in [2.24, 2.45) is 0 Å². The van der Waals surface area contributed by atoms with Crippen molar-refractivity contribution in [3.63, 3.8) is 0 Å². The summed E-state index contributed by atoms with van der Waals surface area (Å²) in [6, 6.07) is 0. The van der Waals surface area contributed by atoms with Crippen LogP contribution >= 0.6 is 12.6 Å². The number of carbonyl (C=O) groups is 1. The van der Waals surface area contributed by atoms with E-state index >= 15 is 0 Å². The molecule has 1 unspecified atom stereocenters. The SMILES string of the molecule is CC(O)CNC(=O)CS. The zero-order chi connectivity index (χ0) is 7.28. The molecular formula is C5H11NO2S. The van der Waals surface area contributed by atoms with Crippen molar-refractivity contribution in [2.45, 2.75) is 13.0 Å². The molecule has 2 N–H and O–H groups in total. The average molecular weight is 149 g/mol. The van der Waals surface area contributed by atoms with Crippen molar-refractivity contribution < 1.29 is 9.90 Å². The minimum Gasteiger partial charge on any atom is -0.392 e. The third-order valence-electron chi connectivity index (χ3n) is 0.738. The van der Waals surface area contributed by atoms with Gasteiger partial charge in [-0.2, -0.15) is 12.6 Å². The van der Waals surface area contributed by atoms with E-state index in [1.807, 2.05) is 0 Å². The molecule has 0 aromatic heterocycles. The van der Waals surface area contributed by atoms with Crippen molar-refractivity contribution in [1.29, 1.82) is 0 Å². The van der Waals surface area contributed by atoms with E-state index in [4.69, 9.17) is 5.11 Å². The number of carbonyl (C=O) groups excluding carboxylic acids is 1. The van der Waals surface area contributed by atoms with Gasteiger partial charge in [-0.3, -0.25) is 4.79 Å². The van der Waals surface area contributed by atoms with Gasteiger partial charge in [0, 0.05) is 6.54 Å². The number of thiol groups is 1. The highest BCUT2D eigenvalue weighted by molar-refractivity contribution is 7.81. The molecule has 0 aliphatic heterocycles. The van der Waals surface area contributed by atoms with Gasteiger partial charge in [0.1, 0.15) is 0 Å². The lowest BCUT2D eigenvalue weighted by Gasteiger charge is -2.03. The Morgan fingerprint density at radius 1 is 1.89 bits per heavy atom. The zero-order valence-electron chi connectivity index (χ0n) is 5.29. The molecule has 1 atom stereocenters. The average Bonchev–Trinajstić information content (AvgIpc) is 1.83. The molecule has 0 aliphatic carbocycles. The van der Waals surface area contributed by atoms with Crippen molar-refractivity contribution >= 4 is 18.5 Å². The number of amides is 1. The highest BCUT2D eigenvalue weighted by Gasteiger charge is 1.97. The first kappa shape index (κ1) is 8.78. The number of rotatable bonds is 3. The van der Waals surface area contributed by atoms with E-state index in [-0.39, 0.29) is 11.7 Å². The zero-order valence-corrected chi connectivity index (χ0v) is 6.19. The molecule has 0 spiro atoms. The third kappa shape index (κ3) is 5.65. The van der Waals surface area contributed by atoms with Crippen LogP contribution < -0.4 is 5.32 Å². The summed E-state index contributed by atoms with van der Waals surface area (Å²) in [5.41, 5.74) is 0. The predicted molar refractivity (Wildman–Crippen MR) is 38.5 cm³/mol. The second-order valence-electron chi connectivity index (χ2n) is 1.81. The summed E-state index contributed by atoms with van der Waals surface area (Å²) < 4.78 is 0. The van der Waals surface area contributed by atoms with Gasteiger partial charge in [0.2, 0.25) is 5.91 Å². The number of aliphatic hydroxyl groups is 1. The Labute approximate surface area is 59.9 Å². The topological polar surface area (TPSA) is 49.3 Å². The first-order valence-electron chi connectivity index (χ1n) is 2.72. The largest absolute Gasteiger partial charge is 0.392 e. The highest BCUT2D eigenvalue weighted by Crippen LogP contribution is 1.76. The molecule has 0 saturated heterocycles. The normalized spacial score (nSPS) is 12.8. The second kappa shape index (κ2) is 4.64. The second-order valence-corrected chi connectivity index (χ2v) is 2.13. The van der Waals surface area contributed by atoms with Gasteiger partial charge in [-0.15, -0.1) is 0 Å². The first-order chi connectivity index (χ1) is 4.16. The summed E-state index contributed by atoms with van der Waals surface area (Å²) >= 11 is 3.72. The van der Waals surface area contributed by atoms with Crippen LogP contribution in [0, 0.1) is 0 Å². The summed E-state index contributed by atoms with van der Waals surface area (Å²) in [6.45, 7) is 1.91. The summed E-state index contributed by atoms with van der Waals surface area (Å²) in [5.74, 6) is 0.0198. The Hall–Kier alpha value is -0.220. The van der Waals surface area contributed by atoms with E-state index in [9.17, 15) is 4.79 Å². The summed E-state index contributed by atoms with van der Waals surface area (Å²) in [7, 11) is 0. The molecule has 0 fully saturated rings. The van der Waals surface area contributed by atoms with Crippen molar-refractivity contribution in [1.82, 2.24) is 5.32 Å². The Balaban J connectivity index is 3.17. The summed E-state index contributed by atoms with van der Waals surface area (Å²) in [6.07, 6.45) is -0.478. The van der Waals surface area contributed by atoms with Gasteiger partial charge < -0.3 is 10.4 Å². The van der Waals surface area contributed by atoms with E-state index in [0.29, 0.717) is 6.54 Å². The van der Waals surface area contributed by atoms with Crippen LogP contribution in [0.5, 0.6) is 0 Å². The summed E-state index contributed by atoms with van der Waals surface area (Å²) in [4.78, 5) is 10.4. The van der Waals surface area contributed by atoms with E-state index in [1.54, 1.807) is 6.92 Å². The highest BCUT2D eigenvalue weighted by atomic mass is 32.1. The van der Waals surface area contributed by atoms with Crippen molar-refractivity contribution in [2.75, 3.05) is 12.3 Å². The van der Waals surface area contributed by atoms with Crippen LogP contribution in [0.15, 0.2) is 0 Å². The van der Waals surface area contributed by atoms with Gasteiger partial charge in [0.05, 0.1) is 11.9 Å². The van der Waals surface area contributed by atoms with Gasteiger partial charge in [0.25, 0.3) is 0 Å². The fourth-order valence-electron chi connectivity index (χ4n) is 0.317. The fourth-order valence-corrected chi connectivity index (χ4v) is 0.429. The molecule has 3 nitrogen and oxygen atoms in total. The van der Waals surface area contributed by atoms with Crippen LogP contribution in [0.3, 0.4) is 0 Å². The molecule has 0 rings (SSSR count). The molecule has 0 radical (unpaired) electrons. The standard InChI is InChI=1S/C5H11NO2S/c1-4(7)2-6-5(8)3-9/h4,7,9H,2-3H2,1H3,(H,6,8). The van der Waals surface area contributed by atoms with Crippen LogP contribution in [-0.2, 0) is 4.79 Å². The van der Waals surface area contributed by atoms with Crippen molar-refractivity contribution in [3.05, 3.63) is 0 Å². The third-order valence-corrected chi connectivity index (χ3v) is 1.03. The van der Waals surface area contributed by atoms with Crippen LogP contribution in [0.4, 0.5) is 0 Å². The van der Waals surface area contributed by atoms with Crippen molar-refractivity contribution in [3.8, 4) is 0 Å². The molecule has 54 valence electrons. The number of hydrogen-bond donors (Lipinski definition) is 3. The van der Waals surface area contributed by atoms with Gasteiger partial charge in [0.15, 0.2) is 0 Å². The number of aliphatic hydroxyl groups excluding tert-OH is 1. The Kier molecular flexibility index (Phi) is 4.53. The quantitative estimate of drug-likeness (QED) is 0.470. The van der Waals surface area contributed by atoms with E-state index in [0.717, 1.165) is 0 Å². The molecule has 1 amide bonds. The van der Waals surface area contributed by atoms with E-state index in [1.165, 1.54) is 0 Å². The summed E-state index contributed by atoms with van der Waals surface area (Å²) in [5, 5.41) is 11.1. The minimum absolute atomic E-state index is 0.153. The fraction of sp³-hybridized carbons (Fsp3) is 0.800. The Bertz CT molecular complexity index is 95.0. The maximum atomic E-state index is 10.4. The molecule has 0 heterocycles. The molecule has 0 aromatic carbocycles. The van der Waals surface area contributed by atoms with Crippen LogP contribution in [-0.4, -0.2) is 29.4 Å². The maximum absolute atomic E-state index is 10.4. The van der Waals surface area contributed by atoms with Gasteiger partial charge >= 0.3 is 0 Å². The Morgan fingerprint density at radius 2 is 2.44 bits per heavy atom. The molecule has 0 aromatic rings. The lowest BCUT2D eigenvalue weighted by molar-refractivity contribution is -0.118. The lowest BCUT2D eigenvalue weighted by atomic mass is 10.4. The molecule has 0 saturated carbocycles. The molecular weight excluding hydrogens is 138 g/mol. The Morgan fingerprint density at radius 3 is 2.78 bits per heavy atom. The minimum atomic E-state index is -0.478. The maximum Gasteiger partial charge on any atom is 0.229 e. The smallest absolute Gasteiger partial charge is 0.229 e. The molecule has 4 heteroatoms. The number of nitrogens with one attached hydrogen (secondary N) is 1. The monoisotopic (exact) mass is 149 g/mol. The van der Waals surface area contributed by atoms with Gasteiger partial charge in [-0.1, -0.05) is 0 Å². The molecule has 0 aliphatic rings. The lowest BCUT2D eigenvalue weighted by Crippen LogP contribution is -2.31. The van der Waals surface area contributed by atoms with Crippen LogP contribution in [0.2, 0.25) is 0 Å². The van der Waals surface area contributed by atoms with E-state index in [2.05, 4.69) is 17.9 Å². The van der Waals surface area contributed by atoms with Crippen LogP contribution in [0.1, 0.15) is 6.92 Å².